The van der Waals surface area contributed by atoms with Crippen molar-refractivity contribution in [2.75, 3.05) is 18.6 Å². The van der Waals surface area contributed by atoms with Gasteiger partial charge in [0.2, 0.25) is 5.95 Å². The number of benzene rings is 1. The number of anilines is 1. The maximum atomic E-state index is 11.5. The van der Waals surface area contributed by atoms with Crippen LogP contribution in [0.2, 0.25) is 0 Å². The van der Waals surface area contributed by atoms with Crippen molar-refractivity contribution in [2.45, 2.75) is 13.0 Å². The maximum absolute atomic E-state index is 11.5. The summed E-state index contributed by atoms with van der Waals surface area (Å²) in [6.45, 7) is 1.56. The summed E-state index contributed by atoms with van der Waals surface area (Å²) in [7, 11) is 1.34. The molecular formula is C17H15BrN4O2. The molecule has 0 bridgehead atoms. The van der Waals surface area contributed by atoms with Gasteiger partial charge in [0.15, 0.2) is 0 Å². The Kier molecular flexibility index (Phi) is 3.72. The van der Waals surface area contributed by atoms with E-state index in [1.165, 1.54) is 36.1 Å². The molecule has 3 aromatic rings. The lowest BCUT2D eigenvalue weighted by molar-refractivity contribution is 0.0600. The molecule has 0 saturated carbocycles. The topological polar surface area (TPSA) is 71.1 Å². The van der Waals surface area contributed by atoms with E-state index in [1.54, 1.807) is 0 Å². The molecule has 6 nitrogen and oxygen atoms in total. The highest BCUT2D eigenvalue weighted by molar-refractivity contribution is 9.10. The van der Waals surface area contributed by atoms with Crippen LogP contribution in [0.15, 0.2) is 35.1 Å². The second kappa shape index (κ2) is 5.90. The maximum Gasteiger partial charge on any atom is 0.341 e. The van der Waals surface area contributed by atoms with E-state index in [0.29, 0.717) is 11.5 Å². The van der Waals surface area contributed by atoms with Crippen molar-refractivity contribution in [3.05, 3.63) is 51.9 Å². The number of hydrogen-bond donors (Lipinski definition) is 1. The number of carbonyl (C=O) groups is 1. The normalized spacial score (nSPS) is 13.8. The van der Waals surface area contributed by atoms with Crippen molar-refractivity contribution < 1.29 is 9.53 Å². The highest BCUT2D eigenvalue weighted by Crippen LogP contribution is 2.30. The molecule has 7 heteroatoms. The van der Waals surface area contributed by atoms with Crippen LogP contribution >= 0.6 is 15.9 Å². The zero-order valence-electron chi connectivity index (χ0n) is 13.0. The Morgan fingerprint density at radius 2 is 2.12 bits per heavy atom. The highest BCUT2D eigenvalue weighted by atomic mass is 79.9. The Morgan fingerprint density at radius 1 is 1.33 bits per heavy atom. The standard InChI is InChI=1S/C17H15BrN4O2/c1-24-16(23)10-7-19-17(20-8-10)22-5-4-12-13-6-11(18)2-3-14(13)21-15(12)9-22/h2-3,6-8,21H,4-5,9H2,1H3. The van der Waals surface area contributed by atoms with Crippen molar-refractivity contribution in [3.63, 3.8) is 0 Å². The second-order valence-electron chi connectivity index (χ2n) is 5.71. The van der Waals surface area contributed by atoms with Gasteiger partial charge in [-0.05, 0) is 30.2 Å². The van der Waals surface area contributed by atoms with Gasteiger partial charge in [-0.2, -0.15) is 0 Å². The first-order chi connectivity index (χ1) is 11.7. The molecule has 122 valence electrons. The number of aromatic amines is 1. The van der Waals surface area contributed by atoms with Crippen molar-refractivity contribution in [1.29, 1.82) is 0 Å². The minimum atomic E-state index is -0.427. The van der Waals surface area contributed by atoms with Gasteiger partial charge in [-0.25, -0.2) is 14.8 Å². The largest absolute Gasteiger partial charge is 0.465 e. The third kappa shape index (κ3) is 2.54. The van der Waals surface area contributed by atoms with Gasteiger partial charge in [0, 0.05) is 40.0 Å². The summed E-state index contributed by atoms with van der Waals surface area (Å²) in [5.41, 5.74) is 4.05. The predicted molar refractivity (Wildman–Crippen MR) is 94.1 cm³/mol. The third-order valence-electron chi connectivity index (χ3n) is 4.28. The lowest BCUT2D eigenvalue weighted by Gasteiger charge is -2.27. The van der Waals surface area contributed by atoms with E-state index in [1.807, 2.05) is 6.07 Å². The van der Waals surface area contributed by atoms with Gasteiger partial charge in [-0.3, -0.25) is 0 Å². The summed E-state index contributed by atoms with van der Waals surface area (Å²) >= 11 is 3.54. The van der Waals surface area contributed by atoms with E-state index in [4.69, 9.17) is 0 Å². The fourth-order valence-corrected chi connectivity index (χ4v) is 3.45. The van der Waals surface area contributed by atoms with Gasteiger partial charge < -0.3 is 14.6 Å². The number of nitrogens with one attached hydrogen (secondary N) is 1. The zero-order chi connectivity index (χ0) is 16.7. The molecule has 0 amide bonds. The fraction of sp³-hybridized carbons (Fsp3) is 0.235. The number of esters is 1. The summed E-state index contributed by atoms with van der Waals surface area (Å²) < 4.78 is 5.75. The van der Waals surface area contributed by atoms with Crippen molar-refractivity contribution in [3.8, 4) is 0 Å². The molecule has 0 radical (unpaired) electrons. The van der Waals surface area contributed by atoms with Crippen molar-refractivity contribution >= 4 is 38.8 Å². The Labute approximate surface area is 147 Å². The molecule has 0 fully saturated rings. The number of aromatic nitrogens is 3. The molecule has 0 atom stereocenters. The van der Waals surface area contributed by atoms with E-state index in [-0.39, 0.29) is 0 Å². The molecule has 1 aliphatic rings. The molecule has 2 aromatic heterocycles. The number of carbonyl (C=O) groups excluding carboxylic acids is 1. The van der Waals surface area contributed by atoms with Crippen LogP contribution in [0.5, 0.6) is 0 Å². The van der Waals surface area contributed by atoms with Crippen LogP contribution in [0, 0.1) is 0 Å². The SMILES string of the molecule is COC(=O)c1cnc(N2CCc3c([nH]c4ccc(Br)cc34)C2)nc1. The van der Waals surface area contributed by atoms with Crippen LogP contribution < -0.4 is 4.90 Å². The van der Waals surface area contributed by atoms with Gasteiger partial charge in [0.1, 0.15) is 0 Å². The summed E-state index contributed by atoms with van der Waals surface area (Å²) in [6.07, 6.45) is 3.94. The van der Waals surface area contributed by atoms with Gasteiger partial charge in [0.05, 0.1) is 19.2 Å². The summed E-state index contributed by atoms with van der Waals surface area (Å²) in [6, 6.07) is 6.28. The lowest BCUT2D eigenvalue weighted by atomic mass is 10.0. The van der Waals surface area contributed by atoms with E-state index in [0.717, 1.165) is 29.5 Å². The van der Waals surface area contributed by atoms with Gasteiger partial charge in [0.25, 0.3) is 0 Å². The second-order valence-corrected chi connectivity index (χ2v) is 6.62. The van der Waals surface area contributed by atoms with Crippen LogP contribution in [-0.2, 0) is 17.7 Å². The van der Waals surface area contributed by atoms with Gasteiger partial charge in [-0.1, -0.05) is 15.9 Å². The summed E-state index contributed by atoms with van der Waals surface area (Å²) in [5, 5.41) is 1.26. The molecule has 4 rings (SSSR count). The monoisotopic (exact) mass is 386 g/mol. The van der Waals surface area contributed by atoms with E-state index >= 15 is 0 Å². The predicted octanol–water partition coefficient (Wildman–Crippen LogP) is 3.07. The molecule has 0 unspecified atom stereocenters. The van der Waals surface area contributed by atoms with E-state index in [2.05, 4.69) is 52.7 Å². The number of hydrogen-bond acceptors (Lipinski definition) is 5. The molecule has 0 aliphatic carbocycles. The first-order valence-electron chi connectivity index (χ1n) is 7.60. The summed E-state index contributed by atoms with van der Waals surface area (Å²) in [5.74, 6) is 0.191. The number of halogens is 1. The van der Waals surface area contributed by atoms with Crippen LogP contribution in [0.3, 0.4) is 0 Å². The van der Waals surface area contributed by atoms with Crippen molar-refractivity contribution in [1.82, 2.24) is 15.0 Å². The van der Waals surface area contributed by atoms with E-state index < -0.39 is 5.97 Å². The quantitative estimate of drug-likeness (QED) is 0.685. The number of ether oxygens (including phenoxy) is 1. The molecule has 1 aliphatic heterocycles. The van der Waals surface area contributed by atoms with Crippen LogP contribution in [0.4, 0.5) is 5.95 Å². The van der Waals surface area contributed by atoms with Gasteiger partial charge >= 0.3 is 5.97 Å². The van der Waals surface area contributed by atoms with Crippen LogP contribution in [-0.4, -0.2) is 34.6 Å². The molecule has 24 heavy (non-hydrogen) atoms. The Morgan fingerprint density at radius 3 is 2.88 bits per heavy atom. The smallest absolute Gasteiger partial charge is 0.341 e. The number of rotatable bonds is 2. The number of nitrogens with zero attached hydrogens (tertiary/aromatic N) is 3. The lowest BCUT2D eigenvalue weighted by Crippen LogP contribution is -2.31. The molecule has 0 saturated heterocycles. The Hall–Kier alpha value is -2.41. The minimum absolute atomic E-state index is 0.356. The zero-order valence-corrected chi connectivity index (χ0v) is 14.6. The minimum Gasteiger partial charge on any atom is -0.465 e. The molecule has 0 spiro atoms. The molecular weight excluding hydrogens is 372 g/mol. The number of H-pyrrole nitrogens is 1. The average Bonchev–Trinajstić information content (AvgIpc) is 2.98. The Bertz CT molecular complexity index is 920. The fourth-order valence-electron chi connectivity index (χ4n) is 3.09. The first-order valence-corrected chi connectivity index (χ1v) is 8.39. The van der Waals surface area contributed by atoms with Crippen LogP contribution in [0.1, 0.15) is 21.6 Å². The highest BCUT2D eigenvalue weighted by Gasteiger charge is 2.22. The molecule has 1 N–H and O–H groups in total. The van der Waals surface area contributed by atoms with E-state index in [9.17, 15) is 4.79 Å². The number of methoxy groups -OCH3 is 1. The Balaban J connectivity index is 1.62. The van der Waals surface area contributed by atoms with Crippen LogP contribution in [0.25, 0.3) is 10.9 Å². The first kappa shape index (κ1) is 15.1. The number of fused-ring (bicyclic) bond motifs is 3. The summed E-state index contributed by atoms with van der Waals surface area (Å²) in [4.78, 5) is 25.7. The molecule has 1 aromatic carbocycles. The van der Waals surface area contributed by atoms with Gasteiger partial charge in [-0.15, -0.1) is 0 Å². The molecule has 3 heterocycles. The average molecular weight is 387 g/mol. The van der Waals surface area contributed by atoms with Crippen molar-refractivity contribution in [2.24, 2.45) is 0 Å². The third-order valence-corrected chi connectivity index (χ3v) is 4.77.